The van der Waals surface area contributed by atoms with E-state index in [4.69, 9.17) is 0 Å². The van der Waals surface area contributed by atoms with Crippen LogP contribution in [0.1, 0.15) is 45.4 Å². The summed E-state index contributed by atoms with van der Waals surface area (Å²) in [5, 5.41) is 6.38. The third kappa shape index (κ3) is 3.50. The largest absolute Gasteiger partial charge is 0.357 e. The fourth-order valence-electron chi connectivity index (χ4n) is 3.46. The van der Waals surface area contributed by atoms with E-state index in [1.807, 2.05) is 0 Å². The summed E-state index contributed by atoms with van der Waals surface area (Å²) >= 11 is 0. The van der Waals surface area contributed by atoms with E-state index in [-0.39, 0.29) is 5.91 Å². The number of carbonyl (C=O) groups excluding carboxylic acids is 1. The summed E-state index contributed by atoms with van der Waals surface area (Å²) in [5.74, 6) is 1.53. The van der Waals surface area contributed by atoms with Crippen molar-refractivity contribution < 1.29 is 4.79 Å². The van der Waals surface area contributed by atoms with Crippen LogP contribution in [-0.4, -0.2) is 49.5 Å². The van der Waals surface area contributed by atoms with E-state index >= 15 is 0 Å². The number of nitrogens with one attached hydrogen (secondary N) is 2. The molecule has 1 aliphatic heterocycles. The van der Waals surface area contributed by atoms with Crippen LogP contribution >= 0.6 is 0 Å². The standard InChI is InChI=1S/C16H28N4O/c1-2-17-15(19-10-9-18-14(21)13-4-5-13)20-11-8-16(12-20)6-3-7-16/h13H,2-12H2,1H3,(H,17,19)(H,18,21). The Labute approximate surface area is 127 Å². The molecule has 1 amide bonds. The van der Waals surface area contributed by atoms with Crippen molar-refractivity contribution in [3.05, 3.63) is 0 Å². The Morgan fingerprint density at radius 2 is 2.10 bits per heavy atom. The first-order valence-corrected chi connectivity index (χ1v) is 8.53. The van der Waals surface area contributed by atoms with Gasteiger partial charge in [0.05, 0.1) is 6.54 Å². The molecule has 0 atom stereocenters. The number of rotatable bonds is 5. The van der Waals surface area contributed by atoms with Crippen LogP contribution in [0, 0.1) is 11.3 Å². The molecule has 0 aromatic carbocycles. The molecule has 3 fully saturated rings. The van der Waals surface area contributed by atoms with Crippen molar-refractivity contribution in [2.75, 3.05) is 32.7 Å². The van der Waals surface area contributed by atoms with E-state index in [1.165, 1.54) is 25.7 Å². The Morgan fingerprint density at radius 1 is 1.29 bits per heavy atom. The Kier molecular flexibility index (Phi) is 4.36. The molecular weight excluding hydrogens is 264 g/mol. The van der Waals surface area contributed by atoms with Gasteiger partial charge in [0.2, 0.25) is 5.91 Å². The number of likely N-dealkylation sites (tertiary alicyclic amines) is 1. The third-order valence-electron chi connectivity index (χ3n) is 5.11. The predicted octanol–water partition coefficient (Wildman–Crippen LogP) is 1.35. The van der Waals surface area contributed by atoms with Gasteiger partial charge in [-0.3, -0.25) is 9.79 Å². The van der Waals surface area contributed by atoms with Crippen LogP contribution < -0.4 is 10.6 Å². The van der Waals surface area contributed by atoms with E-state index in [2.05, 4.69) is 27.4 Å². The molecule has 0 unspecified atom stereocenters. The van der Waals surface area contributed by atoms with Crippen molar-refractivity contribution >= 4 is 11.9 Å². The summed E-state index contributed by atoms with van der Waals surface area (Å²) < 4.78 is 0. The summed E-state index contributed by atoms with van der Waals surface area (Å²) in [4.78, 5) is 18.7. The fraction of sp³-hybridized carbons (Fsp3) is 0.875. The maximum Gasteiger partial charge on any atom is 0.223 e. The minimum Gasteiger partial charge on any atom is -0.357 e. The minimum absolute atomic E-state index is 0.213. The molecule has 1 saturated heterocycles. The molecule has 21 heavy (non-hydrogen) atoms. The van der Waals surface area contributed by atoms with Gasteiger partial charge in [0, 0.05) is 32.1 Å². The van der Waals surface area contributed by atoms with E-state index in [1.54, 1.807) is 0 Å². The summed E-state index contributed by atoms with van der Waals surface area (Å²) in [5.41, 5.74) is 0.594. The quantitative estimate of drug-likeness (QED) is 0.457. The van der Waals surface area contributed by atoms with Gasteiger partial charge in [-0.05, 0) is 44.4 Å². The van der Waals surface area contributed by atoms with Gasteiger partial charge in [-0.2, -0.15) is 0 Å². The molecule has 0 aromatic heterocycles. The molecule has 3 aliphatic rings. The molecule has 5 nitrogen and oxygen atoms in total. The molecule has 3 rings (SSSR count). The first-order chi connectivity index (χ1) is 10.2. The number of aliphatic imine (C=N–C) groups is 1. The zero-order chi connectivity index (χ0) is 14.7. The number of hydrogen-bond donors (Lipinski definition) is 2. The van der Waals surface area contributed by atoms with Gasteiger partial charge in [0.15, 0.2) is 5.96 Å². The fourth-order valence-corrected chi connectivity index (χ4v) is 3.46. The molecule has 2 saturated carbocycles. The number of hydrogen-bond acceptors (Lipinski definition) is 2. The smallest absolute Gasteiger partial charge is 0.223 e. The van der Waals surface area contributed by atoms with E-state index in [0.717, 1.165) is 38.4 Å². The van der Waals surface area contributed by atoms with Crippen LogP contribution in [0.25, 0.3) is 0 Å². The first-order valence-electron chi connectivity index (χ1n) is 8.53. The zero-order valence-electron chi connectivity index (χ0n) is 13.2. The lowest BCUT2D eigenvalue weighted by Crippen LogP contribution is -2.43. The zero-order valence-corrected chi connectivity index (χ0v) is 13.2. The first kappa shape index (κ1) is 14.7. The topological polar surface area (TPSA) is 56.7 Å². The second-order valence-electron chi connectivity index (χ2n) is 6.83. The Morgan fingerprint density at radius 3 is 2.67 bits per heavy atom. The molecule has 118 valence electrons. The molecule has 5 heteroatoms. The highest BCUT2D eigenvalue weighted by molar-refractivity contribution is 5.81. The predicted molar refractivity (Wildman–Crippen MR) is 84.2 cm³/mol. The normalized spacial score (nSPS) is 24.0. The highest BCUT2D eigenvalue weighted by Crippen LogP contribution is 2.47. The summed E-state index contributed by atoms with van der Waals surface area (Å²) in [6.07, 6.45) is 7.62. The molecule has 1 spiro atoms. The lowest BCUT2D eigenvalue weighted by molar-refractivity contribution is -0.122. The van der Waals surface area contributed by atoms with Crippen LogP contribution in [0.15, 0.2) is 4.99 Å². The highest BCUT2D eigenvalue weighted by atomic mass is 16.2. The lowest BCUT2D eigenvalue weighted by Gasteiger charge is -2.38. The van der Waals surface area contributed by atoms with Crippen molar-refractivity contribution in [3.63, 3.8) is 0 Å². The van der Waals surface area contributed by atoms with Gasteiger partial charge >= 0.3 is 0 Å². The van der Waals surface area contributed by atoms with Crippen LogP contribution in [-0.2, 0) is 4.79 Å². The molecule has 2 aliphatic carbocycles. The minimum atomic E-state index is 0.213. The van der Waals surface area contributed by atoms with Crippen LogP contribution in [0.3, 0.4) is 0 Å². The molecule has 2 N–H and O–H groups in total. The number of carbonyl (C=O) groups is 1. The second-order valence-corrected chi connectivity index (χ2v) is 6.83. The van der Waals surface area contributed by atoms with Gasteiger partial charge in [0.25, 0.3) is 0 Å². The maximum absolute atomic E-state index is 11.6. The average molecular weight is 292 g/mol. The van der Waals surface area contributed by atoms with Crippen LogP contribution in [0.2, 0.25) is 0 Å². The number of nitrogens with zero attached hydrogens (tertiary/aromatic N) is 2. The summed E-state index contributed by atoms with van der Waals surface area (Å²) in [7, 11) is 0. The van der Waals surface area contributed by atoms with E-state index in [9.17, 15) is 4.79 Å². The van der Waals surface area contributed by atoms with Gasteiger partial charge in [-0.15, -0.1) is 0 Å². The maximum atomic E-state index is 11.6. The molecule has 0 bridgehead atoms. The van der Waals surface area contributed by atoms with Gasteiger partial charge in [-0.1, -0.05) is 6.42 Å². The monoisotopic (exact) mass is 292 g/mol. The van der Waals surface area contributed by atoms with E-state index in [0.29, 0.717) is 24.4 Å². The van der Waals surface area contributed by atoms with Crippen LogP contribution in [0.4, 0.5) is 0 Å². The summed E-state index contributed by atoms with van der Waals surface area (Å²) in [6, 6.07) is 0. The Hall–Kier alpha value is -1.26. The Bertz CT molecular complexity index is 413. The SMILES string of the molecule is CCNC(=NCCNC(=O)C1CC1)N1CCC2(CCC2)C1. The molecule has 1 heterocycles. The third-order valence-corrected chi connectivity index (χ3v) is 5.11. The van der Waals surface area contributed by atoms with Crippen molar-refractivity contribution in [1.82, 2.24) is 15.5 Å². The van der Waals surface area contributed by atoms with Crippen molar-refractivity contribution in [2.45, 2.75) is 45.4 Å². The van der Waals surface area contributed by atoms with Crippen molar-refractivity contribution in [3.8, 4) is 0 Å². The van der Waals surface area contributed by atoms with Gasteiger partial charge < -0.3 is 15.5 Å². The molecule has 0 aromatic rings. The number of amides is 1. The van der Waals surface area contributed by atoms with Gasteiger partial charge in [0.1, 0.15) is 0 Å². The van der Waals surface area contributed by atoms with Gasteiger partial charge in [-0.25, -0.2) is 0 Å². The van der Waals surface area contributed by atoms with E-state index < -0.39 is 0 Å². The second kappa shape index (κ2) is 6.24. The molecule has 0 radical (unpaired) electrons. The number of guanidine groups is 1. The molecular formula is C16H28N4O. The average Bonchev–Trinajstić information content (AvgIpc) is 3.19. The lowest BCUT2D eigenvalue weighted by atomic mass is 9.68. The Balaban J connectivity index is 1.46. The van der Waals surface area contributed by atoms with Crippen molar-refractivity contribution in [2.24, 2.45) is 16.3 Å². The highest BCUT2D eigenvalue weighted by Gasteiger charge is 2.43. The summed E-state index contributed by atoms with van der Waals surface area (Å²) in [6.45, 7) is 6.62. The van der Waals surface area contributed by atoms with Crippen LogP contribution in [0.5, 0.6) is 0 Å². The van der Waals surface area contributed by atoms with Crippen molar-refractivity contribution in [1.29, 1.82) is 0 Å².